The third-order valence-corrected chi connectivity index (χ3v) is 5.09. The first-order valence-corrected chi connectivity index (χ1v) is 8.39. The summed E-state index contributed by atoms with van der Waals surface area (Å²) in [4.78, 5) is 37.8. The molecule has 0 radical (unpaired) electrons. The maximum absolute atomic E-state index is 12.8. The highest BCUT2D eigenvalue weighted by molar-refractivity contribution is 6.22. The second-order valence-electron chi connectivity index (χ2n) is 7.06. The summed E-state index contributed by atoms with van der Waals surface area (Å²) < 4.78 is 0. The second-order valence-corrected chi connectivity index (χ2v) is 7.06. The Hall–Kier alpha value is -2.75. The molecule has 0 atom stereocenters. The highest BCUT2D eigenvalue weighted by Crippen LogP contribution is 2.34. The molecule has 0 saturated carbocycles. The lowest BCUT2D eigenvalue weighted by molar-refractivity contribution is 0.0474. The SMILES string of the molecule is CCC(C)(C)N1C(=O)c2ccc(-c3ccc(C=O)c(C)c3)cc2C1=O. The molecule has 0 spiro atoms. The quantitative estimate of drug-likeness (QED) is 0.620. The maximum atomic E-state index is 12.8. The van der Waals surface area contributed by atoms with Gasteiger partial charge < -0.3 is 0 Å². The van der Waals surface area contributed by atoms with Gasteiger partial charge in [0.2, 0.25) is 0 Å². The number of rotatable bonds is 4. The molecular formula is C21H21NO3. The fourth-order valence-electron chi connectivity index (χ4n) is 3.12. The number of hydrogen-bond acceptors (Lipinski definition) is 3. The van der Waals surface area contributed by atoms with E-state index in [1.807, 2.05) is 45.9 Å². The van der Waals surface area contributed by atoms with E-state index in [0.717, 1.165) is 23.0 Å². The summed E-state index contributed by atoms with van der Waals surface area (Å²) in [6.07, 6.45) is 1.52. The molecule has 1 heterocycles. The van der Waals surface area contributed by atoms with Crippen LogP contribution in [0.4, 0.5) is 0 Å². The molecular weight excluding hydrogens is 314 g/mol. The van der Waals surface area contributed by atoms with Gasteiger partial charge in [0.1, 0.15) is 6.29 Å². The number of imide groups is 1. The van der Waals surface area contributed by atoms with Gasteiger partial charge in [0, 0.05) is 11.1 Å². The van der Waals surface area contributed by atoms with Gasteiger partial charge in [-0.05, 0) is 56.0 Å². The summed E-state index contributed by atoms with van der Waals surface area (Å²) in [5.74, 6) is -0.471. The number of carbonyl (C=O) groups is 3. The first-order chi connectivity index (χ1) is 11.8. The first-order valence-electron chi connectivity index (χ1n) is 8.39. The highest BCUT2D eigenvalue weighted by atomic mass is 16.2. The standard InChI is InChI=1S/C21H21NO3/c1-5-21(3,4)22-19(24)17-9-8-15(11-18(17)20(22)25)14-6-7-16(12-23)13(2)10-14/h6-12H,5H2,1-4H3. The van der Waals surface area contributed by atoms with Crippen LogP contribution in [0.1, 0.15) is 63.8 Å². The van der Waals surface area contributed by atoms with Crippen molar-refractivity contribution >= 4 is 18.1 Å². The summed E-state index contributed by atoms with van der Waals surface area (Å²) in [6, 6.07) is 10.9. The van der Waals surface area contributed by atoms with Crippen LogP contribution in [0.5, 0.6) is 0 Å². The van der Waals surface area contributed by atoms with Crippen LogP contribution in [0.15, 0.2) is 36.4 Å². The third-order valence-electron chi connectivity index (χ3n) is 5.09. The Bertz CT molecular complexity index is 896. The number of aldehydes is 1. The van der Waals surface area contributed by atoms with Crippen LogP contribution in [0.25, 0.3) is 11.1 Å². The molecule has 3 rings (SSSR count). The number of amides is 2. The van der Waals surface area contributed by atoms with Gasteiger partial charge in [0.05, 0.1) is 11.1 Å². The summed E-state index contributed by atoms with van der Waals surface area (Å²) >= 11 is 0. The summed E-state index contributed by atoms with van der Waals surface area (Å²) in [6.45, 7) is 7.64. The number of hydrogen-bond donors (Lipinski definition) is 0. The van der Waals surface area contributed by atoms with Gasteiger partial charge in [-0.2, -0.15) is 0 Å². The Morgan fingerprint density at radius 2 is 1.56 bits per heavy atom. The molecule has 0 aliphatic carbocycles. The Balaban J connectivity index is 2.06. The van der Waals surface area contributed by atoms with Gasteiger partial charge in [-0.3, -0.25) is 19.3 Å². The zero-order valence-corrected chi connectivity index (χ0v) is 14.9. The zero-order valence-electron chi connectivity index (χ0n) is 14.9. The van der Waals surface area contributed by atoms with Crippen molar-refractivity contribution < 1.29 is 14.4 Å². The molecule has 0 N–H and O–H groups in total. The van der Waals surface area contributed by atoms with Gasteiger partial charge in [-0.15, -0.1) is 0 Å². The van der Waals surface area contributed by atoms with E-state index >= 15 is 0 Å². The number of nitrogens with zero attached hydrogens (tertiary/aromatic N) is 1. The molecule has 128 valence electrons. The molecule has 0 fully saturated rings. The monoisotopic (exact) mass is 335 g/mol. The van der Waals surface area contributed by atoms with Crippen LogP contribution in [0.2, 0.25) is 0 Å². The van der Waals surface area contributed by atoms with E-state index in [9.17, 15) is 14.4 Å². The van der Waals surface area contributed by atoms with Crippen molar-refractivity contribution in [2.45, 2.75) is 39.7 Å². The van der Waals surface area contributed by atoms with E-state index < -0.39 is 5.54 Å². The minimum Gasteiger partial charge on any atom is -0.298 e. The lowest BCUT2D eigenvalue weighted by Crippen LogP contribution is -2.47. The van der Waals surface area contributed by atoms with Crippen LogP contribution in [0.3, 0.4) is 0 Å². The van der Waals surface area contributed by atoms with Crippen molar-refractivity contribution in [3.05, 3.63) is 58.7 Å². The highest BCUT2D eigenvalue weighted by Gasteiger charge is 2.43. The molecule has 4 nitrogen and oxygen atoms in total. The van der Waals surface area contributed by atoms with E-state index in [1.165, 1.54) is 4.90 Å². The topological polar surface area (TPSA) is 54.5 Å². The molecule has 0 saturated heterocycles. The van der Waals surface area contributed by atoms with E-state index in [2.05, 4.69) is 0 Å². The Labute approximate surface area is 147 Å². The molecule has 0 unspecified atom stereocenters. The summed E-state index contributed by atoms with van der Waals surface area (Å²) in [5.41, 5.74) is 3.68. The van der Waals surface area contributed by atoms with Gasteiger partial charge in [0.15, 0.2) is 0 Å². The molecule has 1 aliphatic heterocycles. The smallest absolute Gasteiger partial charge is 0.262 e. The molecule has 25 heavy (non-hydrogen) atoms. The maximum Gasteiger partial charge on any atom is 0.262 e. The Morgan fingerprint density at radius 1 is 0.960 bits per heavy atom. The molecule has 2 aromatic carbocycles. The van der Waals surface area contributed by atoms with Gasteiger partial charge in [-0.25, -0.2) is 0 Å². The van der Waals surface area contributed by atoms with Gasteiger partial charge in [0.25, 0.3) is 11.8 Å². The van der Waals surface area contributed by atoms with Crippen LogP contribution >= 0.6 is 0 Å². The fraction of sp³-hybridized carbons (Fsp3) is 0.286. The number of fused-ring (bicyclic) bond motifs is 1. The number of aryl methyl sites for hydroxylation is 1. The summed E-state index contributed by atoms with van der Waals surface area (Å²) in [7, 11) is 0. The largest absolute Gasteiger partial charge is 0.298 e. The summed E-state index contributed by atoms with van der Waals surface area (Å²) in [5, 5.41) is 0. The lowest BCUT2D eigenvalue weighted by Gasteiger charge is -2.32. The molecule has 0 bridgehead atoms. The molecule has 0 aromatic heterocycles. The van der Waals surface area contributed by atoms with Crippen LogP contribution in [-0.2, 0) is 0 Å². The fourth-order valence-corrected chi connectivity index (χ4v) is 3.12. The Kier molecular flexibility index (Phi) is 4.07. The van der Waals surface area contributed by atoms with E-state index in [0.29, 0.717) is 23.1 Å². The number of carbonyl (C=O) groups excluding carboxylic acids is 3. The average Bonchev–Trinajstić information content (AvgIpc) is 2.86. The second kappa shape index (κ2) is 5.96. The van der Waals surface area contributed by atoms with E-state index in [1.54, 1.807) is 18.2 Å². The molecule has 1 aliphatic rings. The van der Waals surface area contributed by atoms with Crippen molar-refractivity contribution in [3.8, 4) is 11.1 Å². The van der Waals surface area contributed by atoms with Crippen molar-refractivity contribution in [2.24, 2.45) is 0 Å². The average molecular weight is 335 g/mol. The molecule has 2 amide bonds. The van der Waals surface area contributed by atoms with Crippen LogP contribution in [0, 0.1) is 6.92 Å². The van der Waals surface area contributed by atoms with E-state index in [-0.39, 0.29) is 11.8 Å². The lowest BCUT2D eigenvalue weighted by atomic mass is 9.97. The molecule has 2 aromatic rings. The van der Waals surface area contributed by atoms with E-state index in [4.69, 9.17) is 0 Å². The van der Waals surface area contributed by atoms with Crippen molar-refractivity contribution in [3.63, 3.8) is 0 Å². The first kappa shape index (κ1) is 17.1. The van der Waals surface area contributed by atoms with Crippen molar-refractivity contribution in [1.82, 2.24) is 4.90 Å². The zero-order chi connectivity index (χ0) is 18.4. The number of benzene rings is 2. The Morgan fingerprint density at radius 3 is 2.16 bits per heavy atom. The van der Waals surface area contributed by atoms with Gasteiger partial charge in [-0.1, -0.05) is 31.2 Å². The third kappa shape index (κ3) is 2.68. The minimum absolute atomic E-state index is 0.231. The minimum atomic E-state index is -0.518. The van der Waals surface area contributed by atoms with Crippen molar-refractivity contribution in [2.75, 3.05) is 0 Å². The molecule has 4 heteroatoms. The predicted octanol–water partition coefficient (Wildman–Crippen LogP) is 4.26. The normalized spacial score (nSPS) is 14.0. The predicted molar refractivity (Wildman–Crippen MR) is 96.9 cm³/mol. The van der Waals surface area contributed by atoms with Gasteiger partial charge >= 0.3 is 0 Å². The van der Waals surface area contributed by atoms with Crippen molar-refractivity contribution in [1.29, 1.82) is 0 Å². The van der Waals surface area contributed by atoms with Crippen LogP contribution in [-0.4, -0.2) is 28.5 Å². The van der Waals surface area contributed by atoms with Crippen LogP contribution < -0.4 is 0 Å².